The van der Waals surface area contributed by atoms with E-state index in [0.717, 1.165) is 11.4 Å². The van der Waals surface area contributed by atoms with E-state index in [1.54, 1.807) is 0 Å². The van der Waals surface area contributed by atoms with Gasteiger partial charge in [-0.15, -0.1) is 0 Å². The molecule has 0 N–H and O–H groups in total. The minimum absolute atomic E-state index is 0.0599. The summed E-state index contributed by atoms with van der Waals surface area (Å²) < 4.78 is 16.8. The average molecular weight is 638 g/mol. The van der Waals surface area contributed by atoms with Crippen molar-refractivity contribution in [2.75, 3.05) is 9.80 Å². The van der Waals surface area contributed by atoms with Crippen molar-refractivity contribution in [2.24, 2.45) is 0 Å². The van der Waals surface area contributed by atoms with Crippen LogP contribution in [0.5, 0.6) is 0 Å². The number of fused-ring (bicyclic) bond motifs is 10. The zero-order valence-electron chi connectivity index (χ0n) is 30.3. The van der Waals surface area contributed by atoms with Crippen LogP contribution < -0.4 is 42.6 Å². The molecule has 0 saturated carbocycles. The molecule has 7 aromatic rings. The van der Waals surface area contributed by atoms with Gasteiger partial charge in [-0.1, -0.05) is 141 Å². The molecule has 0 atom stereocenters. The van der Waals surface area contributed by atoms with E-state index < -0.39 is 0 Å². The van der Waals surface area contributed by atoms with Gasteiger partial charge in [0.2, 0.25) is 13.4 Å². The van der Waals surface area contributed by atoms with Crippen LogP contribution in [0.1, 0.15) is 29.1 Å². The Bertz CT molecular complexity index is 2660. The standard InChI is InChI=1S/C46H34B2N2/c1-46(2,3)41-44-40(49(29-16-6-4-7-17-29)38-26-14-23-34-32-21-11-13-25-36(32)48(44)43(34)38)28-37-45(41)50(30-18-8-5-9-19-30)39-27-15-22-33-31-20-10-12-24-35(31)47(37)42(33)39/h4-28H,1-3H3/i4D,5D. The van der Waals surface area contributed by atoms with Gasteiger partial charge < -0.3 is 9.80 Å². The Morgan fingerprint density at radius 2 is 0.960 bits per heavy atom. The van der Waals surface area contributed by atoms with E-state index in [9.17, 15) is 0 Å². The van der Waals surface area contributed by atoms with Crippen LogP contribution in [0.4, 0.5) is 34.1 Å². The lowest BCUT2D eigenvalue weighted by molar-refractivity contribution is 0.595. The molecule has 7 aromatic carbocycles. The van der Waals surface area contributed by atoms with E-state index >= 15 is 0 Å². The maximum absolute atomic E-state index is 8.40. The highest BCUT2D eigenvalue weighted by atomic mass is 15.2. The molecule has 11 rings (SSSR count). The van der Waals surface area contributed by atoms with Crippen LogP contribution in [0.3, 0.4) is 0 Å². The Morgan fingerprint density at radius 3 is 1.56 bits per heavy atom. The zero-order chi connectivity index (χ0) is 35.0. The van der Waals surface area contributed by atoms with Crippen molar-refractivity contribution in [2.45, 2.75) is 26.2 Å². The molecule has 0 unspecified atom stereocenters. The van der Waals surface area contributed by atoms with E-state index in [0.29, 0.717) is 12.1 Å². The summed E-state index contributed by atoms with van der Waals surface area (Å²) in [6.07, 6.45) is 0. The molecule has 2 nitrogen and oxygen atoms in total. The molecule has 4 aliphatic heterocycles. The maximum Gasteiger partial charge on any atom is 0.248 e. The van der Waals surface area contributed by atoms with Crippen molar-refractivity contribution in [3.05, 3.63) is 157 Å². The Hall–Kier alpha value is -5.73. The van der Waals surface area contributed by atoms with Gasteiger partial charge in [0.15, 0.2) is 0 Å². The molecule has 0 saturated heterocycles. The van der Waals surface area contributed by atoms with E-state index in [1.165, 1.54) is 83.3 Å². The molecule has 0 bridgehead atoms. The second kappa shape index (κ2) is 9.92. The number of benzene rings is 7. The molecular weight excluding hydrogens is 602 g/mol. The van der Waals surface area contributed by atoms with Crippen molar-refractivity contribution < 1.29 is 2.74 Å². The van der Waals surface area contributed by atoms with Crippen molar-refractivity contribution in [3.63, 3.8) is 0 Å². The summed E-state index contributed by atoms with van der Waals surface area (Å²) in [7, 11) is 0. The fraction of sp³-hybridized carbons (Fsp3) is 0.0870. The van der Waals surface area contributed by atoms with Gasteiger partial charge in [-0.3, -0.25) is 0 Å². The summed E-state index contributed by atoms with van der Waals surface area (Å²) in [5, 5.41) is 0. The topological polar surface area (TPSA) is 6.48 Å². The van der Waals surface area contributed by atoms with Crippen LogP contribution in [-0.4, -0.2) is 13.4 Å². The molecule has 0 radical (unpaired) electrons. The Kier molecular flexibility index (Phi) is 5.19. The van der Waals surface area contributed by atoms with Crippen LogP contribution in [0.2, 0.25) is 0 Å². The van der Waals surface area contributed by atoms with Gasteiger partial charge in [0, 0.05) is 34.1 Å². The summed E-state index contributed by atoms with van der Waals surface area (Å²) in [5.41, 5.74) is 21.3. The highest BCUT2D eigenvalue weighted by molar-refractivity contribution is 7.03. The molecule has 4 aliphatic rings. The quantitative estimate of drug-likeness (QED) is 0.181. The van der Waals surface area contributed by atoms with Gasteiger partial charge in [-0.25, -0.2) is 0 Å². The monoisotopic (exact) mass is 638 g/mol. The second-order valence-electron chi connectivity index (χ2n) is 15.1. The molecule has 0 aliphatic carbocycles. The zero-order valence-corrected chi connectivity index (χ0v) is 28.3. The first kappa shape index (κ1) is 26.2. The highest BCUT2D eigenvalue weighted by Gasteiger charge is 2.50. The van der Waals surface area contributed by atoms with Crippen molar-refractivity contribution in [1.82, 2.24) is 0 Å². The molecule has 0 fully saturated rings. The van der Waals surface area contributed by atoms with Gasteiger partial charge in [0.1, 0.15) is 0 Å². The second-order valence-corrected chi connectivity index (χ2v) is 15.1. The van der Waals surface area contributed by atoms with E-state index in [-0.39, 0.29) is 18.8 Å². The SMILES string of the molecule is [2H]c1ccc(N2c3cccc4c3B(c3ccccc3-4)c3c2cc2c(c3C(C)(C)C)N(c3ccc([2H])cc3)c3cccc4c3B2c2ccccc2-4)cc1. The summed E-state index contributed by atoms with van der Waals surface area (Å²) in [4.78, 5) is 4.99. The van der Waals surface area contributed by atoms with E-state index in [4.69, 9.17) is 2.74 Å². The van der Waals surface area contributed by atoms with Crippen LogP contribution in [0.15, 0.2) is 152 Å². The predicted molar refractivity (Wildman–Crippen MR) is 215 cm³/mol. The summed E-state index contributed by atoms with van der Waals surface area (Å²) >= 11 is 0. The molecule has 0 spiro atoms. The lowest BCUT2D eigenvalue weighted by atomic mass is 9.33. The minimum Gasteiger partial charge on any atom is -0.312 e. The molecule has 50 heavy (non-hydrogen) atoms. The third kappa shape index (κ3) is 3.56. The normalized spacial score (nSPS) is 14.7. The first-order chi connectivity index (χ1) is 25.3. The van der Waals surface area contributed by atoms with Gasteiger partial charge in [-0.05, 0) is 97.5 Å². The summed E-state index contributed by atoms with van der Waals surface area (Å²) in [6, 6.07) is 51.2. The number of para-hydroxylation sites is 2. The van der Waals surface area contributed by atoms with Gasteiger partial charge in [0.05, 0.1) is 2.74 Å². The van der Waals surface area contributed by atoms with Crippen molar-refractivity contribution in [3.8, 4) is 22.3 Å². The number of anilines is 6. The maximum atomic E-state index is 8.40. The fourth-order valence-electron chi connectivity index (χ4n) is 9.74. The van der Waals surface area contributed by atoms with Crippen LogP contribution in [0.25, 0.3) is 22.3 Å². The van der Waals surface area contributed by atoms with E-state index in [1.807, 2.05) is 24.3 Å². The molecule has 4 heterocycles. The van der Waals surface area contributed by atoms with Crippen LogP contribution in [-0.2, 0) is 5.41 Å². The minimum atomic E-state index is -0.253. The fourth-order valence-corrected chi connectivity index (χ4v) is 9.74. The molecule has 234 valence electrons. The molecule has 0 aromatic heterocycles. The van der Waals surface area contributed by atoms with E-state index in [2.05, 4.69) is 146 Å². The number of rotatable bonds is 2. The van der Waals surface area contributed by atoms with Gasteiger partial charge in [-0.2, -0.15) is 0 Å². The Morgan fingerprint density at radius 1 is 0.460 bits per heavy atom. The molecule has 0 amide bonds. The number of hydrogen-bond donors (Lipinski definition) is 0. The lowest BCUT2D eigenvalue weighted by Gasteiger charge is -2.45. The Balaban J connectivity index is 1.34. The Labute approximate surface area is 297 Å². The first-order valence-electron chi connectivity index (χ1n) is 18.7. The highest BCUT2D eigenvalue weighted by Crippen LogP contribution is 2.48. The predicted octanol–water partition coefficient (Wildman–Crippen LogP) is 7.54. The third-order valence-corrected chi connectivity index (χ3v) is 11.4. The van der Waals surface area contributed by atoms with Crippen LogP contribution in [0, 0.1) is 0 Å². The van der Waals surface area contributed by atoms with Crippen molar-refractivity contribution in [1.29, 1.82) is 0 Å². The lowest BCUT2D eigenvalue weighted by Crippen LogP contribution is -2.61. The average Bonchev–Trinajstić information content (AvgIpc) is 3.67. The van der Waals surface area contributed by atoms with Gasteiger partial charge >= 0.3 is 0 Å². The van der Waals surface area contributed by atoms with Gasteiger partial charge in [0.25, 0.3) is 0 Å². The molecular formula is C46H34B2N2. The third-order valence-electron chi connectivity index (χ3n) is 11.4. The number of nitrogens with zero attached hydrogens (tertiary/aromatic N) is 2. The first-order valence-corrected chi connectivity index (χ1v) is 17.7. The van der Waals surface area contributed by atoms with Crippen molar-refractivity contribution >= 4 is 80.3 Å². The van der Waals surface area contributed by atoms with Crippen LogP contribution >= 0.6 is 0 Å². The smallest absolute Gasteiger partial charge is 0.248 e. The number of hydrogen-bond acceptors (Lipinski definition) is 2. The molecule has 4 heteroatoms. The summed E-state index contributed by atoms with van der Waals surface area (Å²) in [6.45, 7) is 7.26. The summed E-state index contributed by atoms with van der Waals surface area (Å²) in [5.74, 6) is 0. The largest absolute Gasteiger partial charge is 0.312 e.